The molecule has 4 nitrogen and oxygen atoms in total. The molecule has 1 aromatic rings. The summed E-state index contributed by atoms with van der Waals surface area (Å²) in [6.45, 7) is 11.6. The van der Waals surface area contributed by atoms with E-state index < -0.39 is 0 Å². The molecule has 1 aromatic carbocycles. The molecule has 120 valence electrons. The van der Waals surface area contributed by atoms with Crippen LogP contribution in [-0.2, 0) is 0 Å². The molecule has 4 heteroatoms. The van der Waals surface area contributed by atoms with Gasteiger partial charge in [-0.1, -0.05) is 13.8 Å². The molecule has 0 bridgehead atoms. The lowest BCUT2D eigenvalue weighted by atomic mass is 10.2. The molecule has 0 spiro atoms. The number of nitrogens with one attached hydrogen (secondary N) is 2. The van der Waals surface area contributed by atoms with Crippen LogP contribution in [0.1, 0.15) is 32.3 Å². The van der Waals surface area contributed by atoms with Gasteiger partial charge in [0.05, 0.1) is 0 Å². The highest BCUT2D eigenvalue weighted by Gasteiger charge is 2.01. The van der Waals surface area contributed by atoms with Gasteiger partial charge in [0.2, 0.25) is 0 Å². The van der Waals surface area contributed by atoms with E-state index >= 15 is 0 Å². The highest BCUT2D eigenvalue weighted by atomic mass is 16.5. The van der Waals surface area contributed by atoms with Crippen molar-refractivity contribution in [3.8, 4) is 11.5 Å². The van der Waals surface area contributed by atoms with Crippen molar-refractivity contribution in [3.63, 3.8) is 0 Å². The molecule has 21 heavy (non-hydrogen) atoms. The van der Waals surface area contributed by atoms with Crippen LogP contribution in [0.3, 0.4) is 0 Å². The Morgan fingerprint density at radius 2 is 1.24 bits per heavy atom. The van der Waals surface area contributed by atoms with E-state index in [0.29, 0.717) is 13.2 Å². The Hall–Kier alpha value is -1.26. The standard InChI is InChI=1S/C17H30N2O2/c1-4-6-18-8-10-20-16-12-15(3)13-17(14-16)21-11-9-19-7-5-2/h12-14,18-19H,4-11H2,1-3H3. The lowest BCUT2D eigenvalue weighted by Gasteiger charge is -2.11. The Morgan fingerprint density at radius 3 is 1.67 bits per heavy atom. The summed E-state index contributed by atoms with van der Waals surface area (Å²) in [7, 11) is 0. The second-order valence-corrected chi connectivity index (χ2v) is 5.18. The number of hydrogen-bond acceptors (Lipinski definition) is 4. The Labute approximate surface area is 129 Å². The van der Waals surface area contributed by atoms with Crippen molar-refractivity contribution < 1.29 is 9.47 Å². The van der Waals surface area contributed by atoms with Crippen LogP contribution in [0, 0.1) is 6.92 Å². The van der Waals surface area contributed by atoms with Gasteiger partial charge in [0.15, 0.2) is 0 Å². The molecule has 0 aromatic heterocycles. The summed E-state index contributed by atoms with van der Waals surface area (Å²) in [5.74, 6) is 1.76. The minimum Gasteiger partial charge on any atom is -0.492 e. The summed E-state index contributed by atoms with van der Waals surface area (Å²) in [4.78, 5) is 0. The van der Waals surface area contributed by atoms with Crippen LogP contribution in [0.5, 0.6) is 11.5 Å². The molecule has 2 N–H and O–H groups in total. The van der Waals surface area contributed by atoms with Gasteiger partial charge in [0, 0.05) is 19.2 Å². The third-order valence-corrected chi connectivity index (χ3v) is 2.97. The molecule has 0 heterocycles. The molecule has 0 amide bonds. The average molecular weight is 294 g/mol. The molecular formula is C17H30N2O2. The minimum atomic E-state index is 0.681. The van der Waals surface area contributed by atoms with E-state index in [-0.39, 0.29) is 0 Å². The fraction of sp³-hybridized carbons (Fsp3) is 0.647. The molecule has 0 saturated heterocycles. The van der Waals surface area contributed by atoms with E-state index in [0.717, 1.165) is 56.1 Å². The second kappa shape index (κ2) is 11.4. The fourth-order valence-electron chi connectivity index (χ4n) is 1.97. The Morgan fingerprint density at radius 1 is 0.762 bits per heavy atom. The Balaban J connectivity index is 2.32. The number of hydrogen-bond donors (Lipinski definition) is 2. The van der Waals surface area contributed by atoms with Crippen molar-refractivity contribution in [1.82, 2.24) is 10.6 Å². The highest BCUT2D eigenvalue weighted by molar-refractivity contribution is 5.37. The monoisotopic (exact) mass is 294 g/mol. The quantitative estimate of drug-likeness (QED) is 0.582. The topological polar surface area (TPSA) is 42.5 Å². The molecule has 0 atom stereocenters. The second-order valence-electron chi connectivity index (χ2n) is 5.18. The van der Waals surface area contributed by atoms with Gasteiger partial charge in [-0.3, -0.25) is 0 Å². The molecule has 0 aliphatic heterocycles. The van der Waals surface area contributed by atoms with Gasteiger partial charge < -0.3 is 20.1 Å². The lowest BCUT2D eigenvalue weighted by Crippen LogP contribution is -2.22. The predicted octanol–water partition coefficient (Wildman–Crippen LogP) is 2.75. The van der Waals surface area contributed by atoms with Crippen LogP contribution in [0.15, 0.2) is 18.2 Å². The fourth-order valence-corrected chi connectivity index (χ4v) is 1.97. The highest BCUT2D eigenvalue weighted by Crippen LogP contribution is 2.22. The van der Waals surface area contributed by atoms with Crippen LogP contribution >= 0.6 is 0 Å². The number of aryl methyl sites for hydroxylation is 1. The maximum Gasteiger partial charge on any atom is 0.123 e. The zero-order chi connectivity index (χ0) is 15.3. The SMILES string of the molecule is CCCNCCOc1cc(C)cc(OCCNCCC)c1. The Bertz CT molecular complexity index is 351. The first-order valence-electron chi connectivity index (χ1n) is 8.05. The summed E-state index contributed by atoms with van der Waals surface area (Å²) >= 11 is 0. The van der Waals surface area contributed by atoms with Crippen LogP contribution in [0.2, 0.25) is 0 Å². The molecule has 0 saturated carbocycles. The van der Waals surface area contributed by atoms with Crippen molar-refractivity contribution in [3.05, 3.63) is 23.8 Å². The van der Waals surface area contributed by atoms with E-state index in [9.17, 15) is 0 Å². The first-order valence-corrected chi connectivity index (χ1v) is 8.05. The number of benzene rings is 1. The summed E-state index contributed by atoms with van der Waals surface area (Å²) < 4.78 is 11.5. The van der Waals surface area contributed by atoms with Crippen LogP contribution in [-0.4, -0.2) is 39.4 Å². The smallest absolute Gasteiger partial charge is 0.123 e. The van der Waals surface area contributed by atoms with Gasteiger partial charge in [-0.15, -0.1) is 0 Å². The van der Waals surface area contributed by atoms with Gasteiger partial charge in [-0.2, -0.15) is 0 Å². The maximum atomic E-state index is 5.76. The summed E-state index contributed by atoms with van der Waals surface area (Å²) in [5.41, 5.74) is 1.16. The van der Waals surface area contributed by atoms with E-state index in [2.05, 4.69) is 31.4 Å². The third-order valence-electron chi connectivity index (χ3n) is 2.97. The molecular weight excluding hydrogens is 264 g/mol. The molecule has 0 aliphatic carbocycles. The van der Waals surface area contributed by atoms with Crippen LogP contribution < -0.4 is 20.1 Å². The Kier molecular flexibility index (Phi) is 9.66. The van der Waals surface area contributed by atoms with Gasteiger partial charge in [-0.25, -0.2) is 0 Å². The van der Waals surface area contributed by atoms with Gasteiger partial charge in [-0.05, 0) is 50.6 Å². The lowest BCUT2D eigenvalue weighted by molar-refractivity contribution is 0.299. The van der Waals surface area contributed by atoms with Crippen molar-refractivity contribution in [1.29, 1.82) is 0 Å². The van der Waals surface area contributed by atoms with E-state index in [1.54, 1.807) is 0 Å². The molecule has 1 rings (SSSR count). The first-order chi connectivity index (χ1) is 10.3. The van der Waals surface area contributed by atoms with Crippen molar-refractivity contribution in [2.45, 2.75) is 33.6 Å². The normalized spacial score (nSPS) is 10.6. The molecule has 0 fully saturated rings. The average Bonchev–Trinajstić information content (AvgIpc) is 2.46. The van der Waals surface area contributed by atoms with Crippen LogP contribution in [0.25, 0.3) is 0 Å². The number of ether oxygens (including phenoxy) is 2. The van der Waals surface area contributed by atoms with Gasteiger partial charge in [0.1, 0.15) is 24.7 Å². The van der Waals surface area contributed by atoms with E-state index in [4.69, 9.17) is 9.47 Å². The van der Waals surface area contributed by atoms with Crippen molar-refractivity contribution in [2.24, 2.45) is 0 Å². The zero-order valence-electron chi connectivity index (χ0n) is 13.7. The van der Waals surface area contributed by atoms with E-state index in [1.165, 1.54) is 0 Å². The molecule has 0 unspecified atom stereocenters. The maximum absolute atomic E-state index is 5.76. The summed E-state index contributed by atoms with van der Waals surface area (Å²) in [5, 5.41) is 6.65. The van der Waals surface area contributed by atoms with Gasteiger partial charge in [0.25, 0.3) is 0 Å². The van der Waals surface area contributed by atoms with Crippen molar-refractivity contribution >= 4 is 0 Å². The molecule has 0 aliphatic rings. The van der Waals surface area contributed by atoms with Gasteiger partial charge >= 0.3 is 0 Å². The van der Waals surface area contributed by atoms with E-state index in [1.807, 2.05) is 18.2 Å². The largest absolute Gasteiger partial charge is 0.492 e. The summed E-state index contributed by atoms with van der Waals surface area (Å²) in [6, 6.07) is 6.05. The minimum absolute atomic E-state index is 0.681. The number of rotatable bonds is 12. The third kappa shape index (κ3) is 8.58. The van der Waals surface area contributed by atoms with Crippen molar-refractivity contribution in [2.75, 3.05) is 39.4 Å². The van der Waals surface area contributed by atoms with Crippen LogP contribution in [0.4, 0.5) is 0 Å². The molecule has 0 radical (unpaired) electrons. The predicted molar refractivity (Wildman–Crippen MR) is 88.5 cm³/mol. The first kappa shape index (κ1) is 17.8. The summed E-state index contributed by atoms with van der Waals surface area (Å²) in [6.07, 6.45) is 2.29. The zero-order valence-corrected chi connectivity index (χ0v) is 13.7.